The summed E-state index contributed by atoms with van der Waals surface area (Å²) in [6.07, 6.45) is 5.27. The lowest BCUT2D eigenvalue weighted by Crippen LogP contribution is -2.47. The van der Waals surface area contributed by atoms with Gasteiger partial charge in [-0.15, -0.1) is 3.89 Å². The monoisotopic (exact) mass is 424 g/mol. The number of likely N-dealkylation sites (N-methyl/N-ethyl adjacent to an activating group) is 1. The second-order valence-electron chi connectivity index (χ2n) is 6.43. The maximum atomic E-state index is 13.2. The third-order valence-corrected chi connectivity index (χ3v) is 6.12. The van der Waals surface area contributed by atoms with Crippen LogP contribution >= 0.6 is 35.1 Å². The average molecular weight is 425 g/mol. The standard InChI is InChI=1S/C19H20Cl2N3O2S/c1-13(2)24(27-18-9-14(20)8-15(21)10-18)11-16(23(3)19(24)25)12-26-17-4-6-22-7-5-17/h4-11,13H,12H2,1-3H3/q+1. The van der Waals surface area contributed by atoms with E-state index in [2.05, 4.69) is 4.98 Å². The topological polar surface area (TPSA) is 42.4 Å². The third kappa shape index (κ3) is 4.24. The van der Waals surface area contributed by atoms with Crippen LogP contribution in [0.15, 0.2) is 59.5 Å². The Kier molecular flexibility index (Phi) is 6.01. The number of ether oxygens (including phenoxy) is 1. The van der Waals surface area contributed by atoms with E-state index in [1.165, 1.54) is 11.9 Å². The number of hydrogen-bond donors (Lipinski definition) is 0. The summed E-state index contributed by atoms with van der Waals surface area (Å²) in [5.41, 5.74) is 0.797. The summed E-state index contributed by atoms with van der Waals surface area (Å²) in [6, 6.07) is 8.82. The van der Waals surface area contributed by atoms with Gasteiger partial charge in [-0.05, 0) is 44.2 Å². The summed E-state index contributed by atoms with van der Waals surface area (Å²) in [5, 5.41) is 1.08. The molecule has 0 fully saturated rings. The average Bonchev–Trinajstić information content (AvgIpc) is 2.86. The maximum Gasteiger partial charge on any atom is 0.440 e. The number of quaternary nitrogens is 1. The minimum Gasteiger partial charge on any atom is -0.487 e. The number of benzene rings is 1. The number of aromatic nitrogens is 1. The minimum absolute atomic E-state index is 0.00105. The molecule has 0 N–H and O–H groups in total. The first-order valence-corrected chi connectivity index (χ1v) is 9.91. The van der Waals surface area contributed by atoms with Crippen LogP contribution in [0.25, 0.3) is 0 Å². The summed E-state index contributed by atoms with van der Waals surface area (Å²) in [7, 11) is 1.76. The van der Waals surface area contributed by atoms with E-state index < -0.39 is 0 Å². The van der Waals surface area contributed by atoms with Gasteiger partial charge in [-0.2, -0.15) is 0 Å². The van der Waals surface area contributed by atoms with Crippen molar-refractivity contribution in [1.29, 1.82) is 0 Å². The van der Waals surface area contributed by atoms with Crippen LogP contribution < -0.4 is 4.74 Å². The van der Waals surface area contributed by atoms with E-state index in [1.807, 2.05) is 32.2 Å². The normalized spacial score (nSPS) is 19.6. The molecule has 142 valence electrons. The van der Waals surface area contributed by atoms with Crippen molar-refractivity contribution in [3.05, 3.63) is 64.7 Å². The molecule has 0 saturated heterocycles. The molecule has 1 aromatic carbocycles. The van der Waals surface area contributed by atoms with Crippen molar-refractivity contribution in [2.45, 2.75) is 24.8 Å². The Labute approximate surface area is 173 Å². The van der Waals surface area contributed by atoms with Crippen LogP contribution in [0, 0.1) is 0 Å². The number of amides is 2. The molecular weight excluding hydrogens is 405 g/mol. The summed E-state index contributed by atoms with van der Waals surface area (Å²) in [6.45, 7) is 4.30. The highest BCUT2D eigenvalue weighted by atomic mass is 35.5. The molecule has 0 radical (unpaired) electrons. The molecular formula is C19H20Cl2N3O2S+. The summed E-state index contributed by atoms with van der Waals surface area (Å²) >= 11 is 13.7. The quantitative estimate of drug-likeness (QED) is 0.446. The van der Waals surface area contributed by atoms with Gasteiger partial charge in [0.15, 0.2) is 0 Å². The van der Waals surface area contributed by atoms with E-state index in [0.717, 1.165) is 10.6 Å². The molecule has 0 bridgehead atoms. The zero-order valence-corrected chi connectivity index (χ0v) is 17.6. The summed E-state index contributed by atoms with van der Waals surface area (Å²) < 4.78 is 5.88. The SMILES string of the molecule is CC(C)[N+]1(Sc2cc(Cl)cc(Cl)c2)C=C(COc2ccncc2)N(C)C1=O. The Balaban J connectivity index is 1.88. The maximum absolute atomic E-state index is 13.2. The van der Waals surface area contributed by atoms with Crippen molar-refractivity contribution in [3.8, 4) is 5.75 Å². The van der Waals surface area contributed by atoms with Gasteiger partial charge in [0.05, 0.1) is 4.90 Å². The van der Waals surface area contributed by atoms with Gasteiger partial charge in [0.2, 0.25) is 0 Å². The highest BCUT2D eigenvalue weighted by Crippen LogP contribution is 2.42. The van der Waals surface area contributed by atoms with Crippen LogP contribution in [0.3, 0.4) is 0 Å². The Morgan fingerprint density at radius 2 is 1.81 bits per heavy atom. The van der Waals surface area contributed by atoms with Gasteiger partial charge in [-0.25, -0.2) is 4.79 Å². The van der Waals surface area contributed by atoms with Crippen molar-refractivity contribution in [2.24, 2.45) is 0 Å². The number of hydrogen-bond acceptors (Lipinski definition) is 4. The Morgan fingerprint density at radius 3 is 2.41 bits per heavy atom. The molecule has 1 unspecified atom stereocenters. The van der Waals surface area contributed by atoms with Crippen LogP contribution in [0.5, 0.6) is 5.75 Å². The Hall–Kier alpha value is -1.73. The van der Waals surface area contributed by atoms with E-state index in [-0.39, 0.29) is 22.6 Å². The molecule has 2 aromatic rings. The van der Waals surface area contributed by atoms with Crippen LogP contribution in [0.4, 0.5) is 4.79 Å². The third-order valence-electron chi connectivity index (χ3n) is 4.25. The minimum atomic E-state index is -0.0422. The van der Waals surface area contributed by atoms with Gasteiger partial charge in [0.1, 0.15) is 42.2 Å². The highest BCUT2D eigenvalue weighted by molar-refractivity contribution is 7.94. The van der Waals surface area contributed by atoms with E-state index in [1.54, 1.807) is 42.5 Å². The Bertz CT molecular complexity index is 856. The number of urea groups is 1. The van der Waals surface area contributed by atoms with Gasteiger partial charge in [-0.1, -0.05) is 23.2 Å². The van der Waals surface area contributed by atoms with Crippen LogP contribution in [-0.4, -0.2) is 39.5 Å². The van der Waals surface area contributed by atoms with Gasteiger partial charge in [-0.3, -0.25) is 9.88 Å². The zero-order valence-electron chi connectivity index (χ0n) is 15.2. The molecule has 0 aliphatic carbocycles. The molecule has 2 heterocycles. The molecule has 2 amide bonds. The van der Waals surface area contributed by atoms with Gasteiger partial charge in [0, 0.05) is 29.5 Å². The van der Waals surface area contributed by atoms with Crippen molar-refractivity contribution >= 4 is 41.2 Å². The van der Waals surface area contributed by atoms with Crippen molar-refractivity contribution < 1.29 is 13.4 Å². The van der Waals surface area contributed by atoms with Crippen LogP contribution in [-0.2, 0) is 0 Å². The fourth-order valence-corrected chi connectivity index (χ4v) is 4.69. The smallest absolute Gasteiger partial charge is 0.440 e. The molecule has 1 aromatic heterocycles. The number of rotatable bonds is 6. The first kappa shape index (κ1) is 20.0. The highest BCUT2D eigenvalue weighted by Gasteiger charge is 2.50. The molecule has 1 aliphatic rings. The van der Waals surface area contributed by atoms with Crippen LogP contribution in [0.1, 0.15) is 13.8 Å². The summed E-state index contributed by atoms with van der Waals surface area (Å²) in [5.74, 6) is 0.704. The molecule has 5 nitrogen and oxygen atoms in total. The van der Waals surface area contributed by atoms with Crippen molar-refractivity contribution in [1.82, 2.24) is 9.88 Å². The lowest BCUT2D eigenvalue weighted by molar-refractivity contribution is -0.675. The molecule has 0 spiro atoms. The first-order valence-electron chi connectivity index (χ1n) is 8.39. The zero-order chi connectivity index (χ0) is 19.6. The van der Waals surface area contributed by atoms with E-state index in [4.69, 9.17) is 27.9 Å². The number of halogens is 2. The summed E-state index contributed by atoms with van der Waals surface area (Å²) in [4.78, 5) is 19.6. The first-order chi connectivity index (χ1) is 12.8. The lowest BCUT2D eigenvalue weighted by Gasteiger charge is -2.30. The number of nitrogens with zero attached hydrogens (tertiary/aromatic N) is 3. The van der Waals surface area contributed by atoms with E-state index in [9.17, 15) is 4.79 Å². The van der Waals surface area contributed by atoms with Crippen molar-refractivity contribution in [2.75, 3.05) is 13.7 Å². The van der Waals surface area contributed by atoms with Crippen molar-refractivity contribution in [3.63, 3.8) is 0 Å². The predicted molar refractivity (Wildman–Crippen MR) is 109 cm³/mol. The largest absolute Gasteiger partial charge is 0.487 e. The predicted octanol–water partition coefficient (Wildman–Crippen LogP) is 5.61. The van der Waals surface area contributed by atoms with E-state index >= 15 is 0 Å². The molecule has 27 heavy (non-hydrogen) atoms. The second kappa shape index (κ2) is 8.10. The fraction of sp³-hybridized carbons (Fsp3) is 0.263. The van der Waals surface area contributed by atoms with Gasteiger partial charge >= 0.3 is 6.03 Å². The van der Waals surface area contributed by atoms with E-state index in [0.29, 0.717) is 15.8 Å². The molecule has 1 aliphatic heterocycles. The Morgan fingerprint density at radius 1 is 1.19 bits per heavy atom. The molecule has 3 rings (SSSR count). The van der Waals surface area contributed by atoms with Gasteiger partial charge in [0.25, 0.3) is 0 Å². The number of carbonyl (C=O) groups excluding carboxylic acids is 1. The second-order valence-corrected chi connectivity index (χ2v) is 8.56. The lowest BCUT2D eigenvalue weighted by atomic mass is 10.3. The molecule has 1 atom stereocenters. The fourth-order valence-electron chi connectivity index (χ4n) is 2.74. The number of carbonyl (C=O) groups is 1. The van der Waals surface area contributed by atoms with Crippen LogP contribution in [0.2, 0.25) is 10.0 Å². The molecule has 0 saturated carbocycles. The van der Waals surface area contributed by atoms with Gasteiger partial charge < -0.3 is 4.74 Å². The molecule has 8 heteroatoms. The number of pyridine rings is 1.